The van der Waals surface area contributed by atoms with Crippen molar-refractivity contribution in [2.75, 3.05) is 0 Å². The first-order valence-electron chi connectivity index (χ1n) is 4.94. The highest BCUT2D eigenvalue weighted by Gasteiger charge is 2.46. The third kappa shape index (κ3) is 1.26. The molecule has 0 bridgehead atoms. The summed E-state index contributed by atoms with van der Waals surface area (Å²) in [4.78, 5) is 22.7. The predicted molar refractivity (Wildman–Crippen MR) is 47.7 cm³/mol. The van der Waals surface area contributed by atoms with Crippen molar-refractivity contribution in [3.63, 3.8) is 0 Å². The molecule has 72 valence electrons. The van der Waals surface area contributed by atoms with Gasteiger partial charge in [0.05, 0.1) is 11.8 Å². The van der Waals surface area contributed by atoms with E-state index in [0.717, 1.165) is 12.8 Å². The number of imide groups is 1. The standard InChI is InChI=1S/C10H15NO2/c1-5-3-7-8(4-6(5)2)10(13)11-9(7)12/h5-8H,3-4H2,1-2H3,(H,11,12,13). The highest BCUT2D eigenvalue weighted by molar-refractivity contribution is 6.05. The first kappa shape index (κ1) is 8.73. The van der Waals surface area contributed by atoms with Crippen LogP contribution in [0.25, 0.3) is 0 Å². The topological polar surface area (TPSA) is 46.2 Å². The minimum absolute atomic E-state index is 0.0290. The first-order chi connectivity index (χ1) is 6.09. The van der Waals surface area contributed by atoms with Crippen molar-refractivity contribution in [1.82, 2.24) is 5.32 Å². The van der Waals surface area contributed by atoms with Crippen molar-refractivity contribution >= 4 is 11.8 Å². The minimum Gasteiger partial charge on any atom is -0.296 e. The number of rotatable bonds is 0. The average molecular weight is 181 g/mol. The van der Waals surface area contributed by atoms with Gasteiger partial charge in [-0.25, -0.2) is 0 Å². The molecule has 4 unspecified atom stereocenters. The molecule has 2 fully saturated rings. The van der Waals surface area contributed by atoms with Crippen LogP contribution in [0.3, 0.4) is 0 Å². The average Bonchev–Trinajstić information content (AvgIpc) is 2.31. The van der Waals surface area contributed by atoms with Crippen LogP contribution in [0.15, 0.2) is 0 Å². The maximum Gasteiger partial charge on any atom is 0.230 e. The van der Waals surface area contributed by atoms with Crippen LogP contribution in [0, 0.1) is 23.7 Å². The Morgan fingerprint density at radius 3 is 1.77 bits per heavy atom. The summed E-state index contributed by atoms with van der Waals surface area (Å²) in [6.07, 6.45) is 1.76. The zero-order valence-corrected chi connectivity index (χ0v) is 8.04. The maximum atomic E-state index is 11.3. The van der Waals surface area contributed by atoms with Gasteiger partial charge in [-0.15, -0.1) is 0 Å². The molecule has 1 saturated carbocycles. The van der Waals surface area contributed by atoms with Gasteiger partial charge < -0.3 is 0 Å². The molecule has 2 rings (SSSR count). The molecule has 1 aliphatic carbocycles. The van der Waals surface area contributed by atoms with Crippen molar-refractivity contribution in [3.8, 4) is 0 Å². The van der Waals surface area contributed by atoms with Crippen LogP contribution >= 0.6 is 0 Å². The molecular formula is C10H15NO2. The van der Waals surface area contributed by atoms with Gasteiger partial charge in [0.2, 0.25) is 11.8 Å². The zero-order valence-electron chi connectivity index (χ0n) is 8.04. The SMILES string of the molecule is CC1CC2C(=O)NC(=O)C2CC1C. The summed E-state index contributed by atoms with van der Waals surface area (Å²) < 4.78 is 0. The van der Waals surface area contributed by atoms with Crippen LogP contribution in [0.4, 0.5) is 0 Å². The van der Waals surface area contributed by atoms with Gasteiger partial charge in [0.15, 0.2) is 0 Å². The van der Waals surface area contributed by atoms with Crippen LogP contribution in [0.2, 0.25) is 0 Å². The van der Waals surface area contributed by atoms with Crippen LogP contribution < -0.4 is 5.32 Å². The summed E-state index contributed by atoms with van der Waals surface area (Å²) in [5.74, 6) is 0.982. The molecule has 3 nitrogen and oxygen atoms in total. The largest absolute Gasteiger partial charge is 0.296 e. The van der Waals surface area contributed by atoms with Crippen molar-refractivity contribution in [2.24, 2.45) is 23.7 Å². The lowest BCUT2D eigenvalue weighted by molar-refractivity contribution is -0.126. The molecule has 0 aromatic carbocycles. The minimum atomic E-state index is -0.0475. The molecule has 1 saturated heterocycles. The van der Waals surface area contributed by atoms with Gasteiger partial charge >= 0.3 is 0 Å². The fourth-order valence-corrected chi connectivity index (χ4v) is 2.48. The number of nitrogens with one attached hydrogen (secondary N) is 1. The number of hydrogen-bond donors (Lipinski definition) is 1. The molecule has 2 aliphatic rings. The molecular weight excluding hydrogens is 166 g/mol. The lowest BCUT2D eigenvalue weighted by Gasteiger charge is -2.31. The first-order valence-corrected chi connectivity index (χ1v) is 4.94. The molecule has 1 aliphatic heterocycles. The van der Waals surface area contributed by atoms with Crippen molar-refractivity contribution < 1.29 is 9.59 Å². The second kappa shape index (κ2) is 2.82. The summed E-state index contributed by atoms with van der Waals surface area (Å²) in [6, 6.07) is 0. The Balaban J connectivity index is 2.19. The zero-order chi connectivity index (χ0) is 9.59. The number of hydrogen-bond acceptors (Lipinski definition) is 2. The Kier molecular flexibility index (Phi) is 1.90. The van der Waals surface area contributed by atoms with Crippen LogP contribution in [0.5, 0.6) is 0 Å². The summed E-state index contributed by atoms with van der Waals surface area (Å²) in [5, 5.41) is 2.42. The number of carbonyl (C=O) groups excluding carboxylic acids is 2. The monoisotopic (exact) mass is 181 g/mol. The van der Waals surface area contributed by atoms with E-state index in [1.54, 1.807) is 0 Å². The molecule has 0 aromatic rings. The van der Waals surface area contributed by atoms with Crippen LogP contribution in [-0.4, -0.2) is 11.8 Å². The third-order valence-corrected chi connectivity index (χ3v) is 3.63. The summed E-state index contributed by atoms with van der Waals surface area (Å²) in [6.45, 7) is 4.33. The van der Waals surface area contributed by atoms with Crippen molar-refractivity contribution in [3.05, 3.63) is 0 Å². The van der Waals surface area contributed by atoms with Crippen LogP contribution in [-0.2, 0) is 9.59 Å². The number of fused-ring (bicyclic) bond motifs is 1. The molecule has 0 aromatic heterocycles. The van der Waals surface area contributed by atoms with E-state index in [9.17, 15) is 9.59 Å². The normalized spacial score (nSPS) is 44.5. The highest BCUT2D eigenvalue weighted by atomic mass is 16.2. The van der Waals surface area contributed by atoms with E-state index >= 15 is 0 Å². The number of amides is 2. The fraction of sp³-hybridized carbons (Fsp3) is 0.800. The van der Waals surface area contributed by atoms with E-state index in [2.05, 4.69) is 19.2 Å². The Morgan fingerprint density at radius 2 is 1.38 bits per heavy atom. The van der Waals surface area contributed by atoms with Gasteiger partial charge in [0.25, 0.3) is 0 Å². The van der Waals surface area contributed by atoms with Gasteiger partial charge in [-0.05, 0) is 24.7 Å². The van der Waals surface area contributed by atoms with Crippen LogP contribution in [0.1, 0.15) is 26.7 Å². The lowest BCUT2D eigenvalue weighted by Crippen LogP contribution is -2.30. The van der Waals surface area contributed by atoms with Gasteiger partial charge in [-0.2, -0.15) is 0 Å². The molecule has 13 heavy (non-hydrogen) atoms. The number of carbonyl (C=O) groups is 2. The Labute approximate surface area is 77.9 Å². The van der Waals surface area contributed by atoms with E-state index in [1.165, 1.54) is 0 Å². The molecule has 0 spiro atoms. The molecule has 3 heteroatoms. The Morgan fingerprint density at radius 1 is 1.00 bits per heavy atom. The van der Waals surface area contributed by atoms with Crippen molar-refractivity contribution in [2.45, 2.75) is 26.7 Å². The predicted octanol–water partition coefficient (Wildman–Crippen LogP) is 0.941. The van der Waals surface area contributed by atoms with E-state index in [-0.39, 0.29) is 23.7 Å². The van der Waals surface area contributed by atoms with Gasteiger partial charge in [0, 0.05) is 0 Å². The second-order valence-electron chi connectivity index (χ2n) is 4.49. The fourth-order valence-electron chi connectivity index (χ4n) is 2.48. The quantitative estimate of drug-likeness (QED) is 0.565. The van der Waals surface area contributed by atoms with Gasteiger partial charge in [-0.3, -0.25) is 14.9 Å². The summed E-state index contributed by atoms with van der Waals surface area (Å²) >= 11 is 0. The van der Waals surface area contributed by atoms with E-state index in [0.29, 0.717) is 11.8 Å². The molecule has 1 heterocycles. The Bertz CT molecular complexity index is 236. The lowest BCUT2D eigenvalue weighted by atomic mass is 9.70. The smallest absolute Gasteiger partial charge is 0.230 e. The molecule has 1 N–H and O–H groups in total. The Hall–Kier alpha value is -0.860. The van der Waals surface area contributed by atoms with Gasteiger partial charge in [-0.1, -0.05) is 13.8 Å². The summed E-state index contributed by atoms with van der Waals surface area (Å²) in [7, 11) is 0. The molecule has 2 amide bonds. The third-order valence-electron chi connectivity index (χ3n) is 3.63. The highest BCUT2D eigenvalue weighted by Crippen LogP contribution is 2.40. The second-order valence-corrected chi connectivity index (χ2v) is 4.49. The molecule has 0 radical (unpaired) electrons. The summed E-state index contributed by atoms with van der Waals surface area (Å²) in [5.41, 5.74) is 0. The van der Waals surface area contributed by atoms with Gasteiger partial charge in [0.1, 0.15) is 0 Å². The van der Waals surface area contributed by atoms with E-state index in [1.807, 2.05) is 0 Å². The van der Waals surface area contributed by atoms with E-state index in [4.69, 9.17) is 0 Å². The molecule has 4 atom stereocenters. The maximum absolute atomic E-state index is 11.3. The van der Waals surface area contributed by atoms with E-state index < -0.39 is 0 Å². The van der Waals surface area contributed by atoms with Crippen molar-refractivity contribution in [1.29, 1.82) is 0 Å².